The van der Waals surface area contributed by atoms with Crippen LogP contribution in [0.5, 0.6) is 0 Å². The first-order valence-electron chi connectivity index (χ1n) is 13.2. The summed E-state index contributed by atoms with van der Waals surface area (Å²) in [6, 6.07) is 14.5. The van der Waals surface area contributed by atoms with Gasteiger partial charge in [0.25, 0.3) is 0 Å². The lowest BCUT2D eigenvalue weighted by Crippen LogP contribution is -2.06. The number of carbonyl (C=O) groups is 1. The number of ether oxygens (including phenoxy) is 1. The molecule has 3 heterocycles. The van der Waals surface area contributed by atoms with Crippen molar-refractivity contribution in [1.29, 1.82) is 0 Å². The summed E-state index contributed by atoms with van der Waals surface area (Å²) in [5, 5.41) is 3.31. The number of aromatic amines is 1. The highest BCUT2D eigenvalue weighted by Gasteiger charge is 2.25. The number of nitrogens with zero attached hydrogens (tertiary/aromatic N) is 2. The molecule has 0 radical (unpaired) electrons. The highest BCUT2D eigenvalue weighted by Crippen LogP contribution is 2.44. The number of thiazole rings is 1. The summed E-state index contributed by atoms with van der Waals surface area (Å²) in [7, 11) is 1.42. The van der Waals surface area contributed by atoms with Crippen molar-refractivity contribution < 1.29 is 9.53 Å². The Morgan fingerprint density at radius 3 is 2.61 bits per heavy atom. The third-order valence-corrected chi connectivity index (χ3v) is 8.85. The minimum Gasteiger partial charge on any atom is -0.465 e. The molecule has 0 unspecified atom stereocenters. The van der Waals surface area contributed by atoms with Crippen molar-refractivity contribution in [3.8, 4) is 21.8 Å². The van der Waals surface area contributed by atoms with E-state index in [-0.39, 0.29) is 5.97 Å². The van der Waals surface area contributed by atoms with E-state index < -0.39 is 0 Å². The van der Waals surface area contributed by atoms with Crippen molar-refractivity contribution in [1.82, 2.24) is 15.0 Å². The summed E-state index contributed by atoms with van der Waals surface area (Å²) >= 11 is 1.68. The summed E-state index contributed by atoms with van der Waals surface area (Å²) in [5.74, 6) is 0.149. The number of rotatable bonds is 5. The molecule has 5 nitrogen and oxygen atoms in total. The van der Waals surface area contributed by atoms with E-state index in [9.17, 15) is 4.79 Å². The third kappa shape index (κ3) is 4.23. The number of carbonyl (C=O) groups excluding carboxylic acids is 1. The second-order valence-corrected chi connectivity index (χ2v) is 11.4. The standard InChI is InChI=1S/C32H31N3O2S/c1-5-20-16-27-22(12-14-26(34-27)31-18(2)33-19(3)38-31)15-25(20)30-29(21-9-7-6-8-10-21)24-13-11-23(32(36)37-4)17-28(24)35-30/h5,11-17,21,35H,1,6-10H2,2-4H3. The van der Waals surface area contributed by atoms with Crippen molar-refractivity contribution in [3.63, 3.8) is 0 Å². The third-order valence-electron chi connectivity index (χ3n) is 7.76. The zero-order chi connectivity index (χ0) is 26.4. The smallest absolute Gasteiger partial charge is 0.337 e. The van der Waals surface area contributed by atoms with Gasteiger partial charge in [0.15, 0.2) is 0 Å². The van der Waals surface area contributed by atoms with E-state index in [0.29, 0.717) is 11.5 Å². The average molecular weight is 522 g/mol. The zero-order valence-electron chi connectivity index (χ0n) is 22.1. The summed E-state index contributed by atoms with van der Waals surface area (Å²) < 4.78 is 4.98. The van der Waals surface area contributed by atoms with Gasteiger partial charge in [-0.3, -0.25) is 0 Å². The first-order valence-corrected chi connectivity index (χ1v) is 14.0. The fraction of sp³-hybridized carbons (Fsp3) is 0.281. The van der Waals surface area contributed by atoms with Crippen LogP contribution in [0, 0.1) is 13.8 Å². The van der Waals surface area contributed by atoms with Gasteiger partial charge in [-0.15, -0.1) is 11.3 Å². The monoisotopic (exact) mass is 521 g/mol. The Labute approximate surface area is 226 Å². The van der Waals surface area contributed by atoms with E-state index in [1.165, 1.54) is 50.2 Å². The number of hydrogen-bond acceptors (Lipinski definition) is 5. The number of benzene rings is 2. The molecule has 0 saturated heterocycles. The topological polar surface area (TPSA) is 67.9 Å². The fourth-order valence-corrected chi connectivity index (χ4v) is 6.85. The predicted molar refractivity (Wildman–Crippen MR) is 157 cm³/mol. The largest absolute Gasteiger partial charge is 0.465 e. The van der Waals surface area contributed by atoms with E-state index in [2.05, 4.69) is 46.9 Å². The van der Waals surface area contributed by atoms with Gasteiger partial charge in [0.2, 0.25) is 0 Å². The molecule has 1 aliphatic carbocycles. The lowest BCUT2D eigenvalue weighted by Gasteiger charge is -2.23. The molecule has 0 aliphatic heterocycles. The molecule has 1 saturated carbocycles. The molecule has 0 amide bonds. The summed E-state index contributed by atoms with van der Waals surface area (Å²) in [6.07, 6.45) is 8.05. The summed E-state index contributed by atoms with van der Waals surface area (Å²) in [4.78, 5) is 26.7. The maximum absolute atomic E-state index is 12.3. The second-order valence-electron chi connectivity index (χ2n) is 10.2. The minimum atomic E-state index is -0.326. The Hall–Kier alpha value is -3.77. The lowest BCUT2D eigenvalue weighted by atomic mass is 9.81. The number of fused-ring (bicyclic) bond motifs is 2. The van der Waals surface area contributed by atoms with Crippen LogP contribution >= 0.6 is 11.3 Å². The molecule has 6 rings (SSSR count). The van der Waals surface area contributed by atoms with Crippen LogP contribution in [0.1, 0.15) is 70.2 Å². The van der Waals surface area contributed by atoms with Gasteiger partial charge in [-0.25, -0.2) is 14.8 Å². The van der Waals surface area contributed by atoms with E-state index >= 15 is 0 Å². The van der Waals surface area contributed by atoms with E-state index in [1.807, 2.05) is 32.1 Å². The highest BCUT2D eigenvalue weighted by atomic mass is 32.1. The first-order chi connectivity index (χ1) is 18.5. The molecule has 5 aromatic rings. The van der Waals surface area contributed by atoms with Crippen molar-refractivity contribution in [2.24, 2.45) is 0 Å². The van der Waals surface area contributed by atoms with Crippen molar-refractivity contribution >= 4 is 45.2 Å². The molecule has 3 aromatic heterocycles. The predicted octanol–water partition coefficient (Wildman–Crippen LogP) is 8.60. The van der Waals surface area contributed by atoms with Gasteiger partial charge in [-0.1, -0.05) is 44.1 Å². The summed E-state index contributed by atoms with van der Waals surface area (Å²) in [6.45, 7) is 8.23. The zero-order valence-corrected chi connectivity index (χ0v) is 22.9. The van der Waals surface area contributed by atoms with Crippen LogP contribution in [-0.2, 0) is 4.74 Å². The van der Waals surface area contributed by atoms with Gasteiger partial charge in [-0.2, -0.15) is 0 Å². The second kappa shape index (κ2) is 9.84. The van der Waals surface area contributed by atoms with Crippen LogP contribution in [0.25, 0.3) is 49.7 Å². The van der Waals surface area contributed by atoms with Gasteiger partial charge in [0.05, 0.1) is 45.2 Å². The van der Waals surface area contributed by atoms with Gasteiger partial charge < -0.3 is 9.72 Å². The van der Waals surface area contributed by atoms with Crippen LogP contribution in [0.3, 0.4) is 0 Å². The average Bonchev–Trinajstić information content (AvgIpc) is 3.50. The molecule has 1 fully saturated rings. The minimum absolute atomic E-state index is 0.326. The van der Waals surface area contributed by atoms with Crippen LogP contribution in [0.4, 0.5) is 0 Å². The maximum atomic E-state index is 12.3. The molecule has 0 spiro atoms. The van der Waals surface area contributed by atoms with Crippen LogP contribution in [0.2, 0.25) is 0 Å². The molecule has 1 aliphatic rings. The van der Waals surface area contributed by atoms with Crippen LogP contribution in [-0.4, -0.2) is 28.0 Å². The van der Waals surface area contributed by atoms with Crippen molar-refractivity contribution in [2.45, 2.75) is 51.9 Å². The van der Waals surface area contributed by atoms with Gasteiger partial charge in [0, 0.05) is 21.9 Å². The maximum Gasteiger partial charge on any atom is 0.337 e. The number of hydrogen-bond donors (Lipinski definition) is 1. The molecular formula is C32H31N3O2S. The Kier molecular flexibility index (Phi) is 6.36. The van der Waals surface area contributed by atoms with Crippen molar-refractivity contribution in [2.75, 3.05) is 7.11 Å². The van der Waals surface area contributed by atoms with Gasteiger partial charge >= 0.3 is 5.97 Å². The molecule has 2 aromatic carbocycles. The number of methoxy groups -OCH3 is 1. The number of aromatic nitrogens is 3. The normalized spacial score (nSPS) is 14.3. The lowest BCUT2D eigenvalue weighted by molar-refractivity contribution is 0.0601. The number of nitrogens with one attached hydrogen (secondary N) is 1. The van der Waals surface area contributed by atoms with E-state index in [0.717, 1.165) is 54.5 Å². The molecule has 1 N–H and O–H groups in total. The molecular weight excluding hydrogens is 490 g/mol. The van der Waals surface area contributed by atoms with E-state index in [1.54, 1.807) is 11.3 Å². The van der Waals surface area contributed by atoms with E-state index in [4.69, 9.17) is 9.72 Å². The van der Waals surface area contributed by atoms with Crippen molar-refractivity contribution in [3.05, 3.63) is 76.4 Å². The van der Waals surface area contributed by atoms with Crippen LogP contribution in [0.15, 0.2) is 49.0 Å². The Balaban J connectivity index is 1.54. The fourth-order valence-electron chi connectivity index (χ4n) is 5.96. The first kappa shape index (κ1) is 24.6. The number of pyridine rings is 1. The number of esters is 1. The molecule has 0 bridgehead atoms. The van der Waals surface area contributed by atoms with Gasteiger partial charge in [-0.05, 0) is 74.1 Å². The Morgan fingerprint density at radius 2 is 1.89 bits per heavy atom. The van der Waals surface area contributed by atoms with Gasteiger partial charge in [0.1, 0.15) is 0 Å². The molecule has 38 heavy (non-hydrogen) atoms. The highest BCUT2D eigenvalue weighted by molar-refractivity contribution is 7.15. The Bertz CT molecular complexity index is 1710. The quantitative estimate of drug-likeness (QED) is 0.235. The Morgan fingerprint density at radius 1 is 1.08 bits per heavy atom. The SMILES string of the molecule is C=Cc1cc2nc(-c3sc(C)nc3C)ccc2cc1-c1[nH]c2cc(C(=O)OC)ccc2c1C1CCCCC1. The molecule has 0 atom stereocenters. The number of aryl methyl sites for hydroxylation is 2. The summed E-state index contributed by atoms with van der Waals surface area (Å²) in [5.41, 5.74) is 9.03. The molecule has 192 valence electrons. The molecule has 6 heteroatoms. The van der Waals surface area contributed by atoms with Crippen LogP contribution < -0.4 is 0 Å². The number of H-pyrrole nitrogens is 1.